The van der Waals surface area contributed by atoms with Crippen LogP contribution < -0.4 is 5.32 Å². The van der Waals surface area contributed by atoms with E-state index in [1.54, 1.807) is 0 Å². The minimum absolute atomic E-state index is 0.0536. The van der Waals surface area contributed by atoms with Crippen molar-refractivity contribution in [3.05, 3.63) is 70.0 Å². The summed E-state index contributed by atoms with van der Waals surface area (Å²) in [4.78, 5) is 25.5. The third-order valence-electron chi connectivity index (χ3n) is 2.70. The van der Waals surface area contributed by atoms with E-state index in [-0.39, 0.29) is 24.5 Å². The number of rotatable bonds is 4. The Morgan fingerprint density at radius 1 is 1.30 bits per heavy atom. The fourth-order valence-corrected chi connectivity index (χ4v) is 1.63. The zero-order valence-corrected chi connectivity index (χ0v) is 12.1. The Hall–Kier alpha value is -3.40. The molecule has 0 saturated heterocycles. The Kier molecular flexibility index (Phi) is 5.66. The highest BCUT2D eigenvalue weighted by Crippen LogP contribution is 2.09. The predicted octanol–water partition coefficient (Wildman–Crippen LogP) is 2.27. The molecule has 2 rings (SSSR count). The molecule has 1 heterocycles. The van der Waals surface area contributed by atoms with Gasteiger partial charge < -0.3 is 10.1 Å². The normalized spacial score (nSPS) is 9.39. The number of amides is 1. The smallest absolute Gasteiger partial charge is 0.408 e. The van der Waals surface area contributed by atoms with Gasteiger partial charge in [0.25, 0.3) is 5.69 Å². The molecular formula is C16H13N3O4. The van der Waals surface area contributed by atoms with Gasteiger partial charge in [-0.1, -0.05) is 36.3 Å². The molecule has 0 spiro atoms. The first-order chi connectivity index (χ1) is 11.1. The van der Waals surface area contributed by atoms with E-state index in [2.05, 4.69) is 22.1 Å². The SMILES string of the molecule is O=C(NCC#Cc1cc([N+](=O)[O-])ccn1)OCc1ccccc1. The second-order valence-corrected chi connectivity index (χ2v) is 4.37. The van der Waals surface area contributed by atoms with Crippen molar-refractivity contribution in [2.24, 2.45) is 0 Å². The molecule has 0 atom stereocenters. The second kappa shape index (κ2) is 8.14. The molecule has 7 nitrogen and oxygen atoms in total. The van der Waals surface area contributed by atoms with Crippen molar-refractivity contribution in [1.29, 1.82) is 0 Å². The van der Waals surface area contributed by atoms with Crippen LogP contribution in [0, 0.1) is 22.0 Å². The first-order valence-electron chi connectivity index (χ1n) is 6.69. The molecule has 1 aromatic carbocycles. The standard InChI is InChI=1S/C16H13N3O4/c20-16(23-12-13-5-2-1-3-6-13)18-9-4-7-14-11-15(19(21)22)8-10-17-14/h1-3,5-6,8,10-11H,9,12H2,(H,18,20). The molecule has 0 saturated carbocycles. The van der Waals surface area contributed by atoms with E-state index in [9.17, 15) is 14.9 Å². The van der Waals surface area contributed by atoms with Gasteiger partial charge in [-0.2, -0.15) is 0 Å². The topological polar surface area (TPSA) is 94.4 Å². The van der Waals surface area contributed by atoms with Gasteiger partial charge in [-0.25, -0.2) is 9.78 Å². The molecular weight excluding hydrogens is 298 g/mol. The minimum atomic E-state index is -0.588. The Morgan fingerprint density at radius 3 is 2.83 bits per heavy atom. The van der Waals surface area contributed by atoms with Crippen LogP contribution in [0.2, 0.25) is 0 Å². The third-order valence-corrected chi connectivity index (χ3v) is 2.70. The Balaban J connectivity index is 1.78. The van der Waals surface area contributed by atoms with E-state index in [0.29, 0.717) is 0 Å². The van der Waals surface area contributed by atoms with Crippen molar-refractivity contribution in [2.75, 3.05) is 6.54 Å². The minimum Gasteiger partial charge on any atom is -0.445 e. The molecule has 0 radical (unpaired) electrons. The van der Waals surface area contributed by atoms with Crippen molar-refractivity contribution in [2.45, 2.75) is 6.61 Å². The van der Waals surface area contributed by atoms with Crippen molar-refractivity contribution >= 4 is 11.8 Å². The lowest BCUT2D eigenvalue weighted by Crippen LogP contribution is -2.24. The summed E-state index contributed by atoms with van der Waals surface area (Å²) >= 11 is 0. The van der Waals surface area contributed by atoms with Crippen LogP contribution in [0.5, 0.6) is 0 Å². The van der Waals surface area contributed by atoms with E-state index in [4.69, 9.17) is 4.74 Å². The number of nitrogens with zero attached hydrogens (tertiary/aromatic N) is 2. The van der Waals surface area contributed by atoms with Crippen LogP contribution in [0.25, 0.3) is 0 Å². The van der Waals surface area contributed by atoms with Gasteiger partial charge in [-0.3, -0.25) is 10.1 Å². The second-order valence-electron chi connectivity index (χ2n) is 4.37. The van der Waals surface area contributed by atoms with Gasteiger partial charge in [0.2, 0.25) is 0 Å². The molecule has 1 aromatic heterocycles. The van der Waals surface area contributed by atoms with Gasteiger partial charge in [0.1, 0.15) is 12.3 Å². The molecule has 0 aliphatic heterocycles. The number of nitrogens with one attached hydrogen (secondary N) is 1. The van der Waals surface area contributed by atoms with Gasteiger partial charge in [0.05, 0.1) is 17.5 Å². The third kappa shape index (κ3) is 5.47. The van der Waals surface area contributed by atoms with Gasteiger partial charge in [0.15, 0.2) is 0 Å². The van der Waals surface area contributed by atoms with E-state index in [0.717, 1.165) is 5.56 Å². The molecule has 1 amide bonds. The number of carbonyl (C=O) groups is 1. The number of aromatic nitrogens is 1. The number of hydrogen-bond acceptors (Lipinski definition) is 5. The number of ether oxygens (including phenoxy) is 1. The van der Waals surface area contributed by atoms with Crippen LogP contribution in [0.4, 0.5) is 10.5 Å². The predicted molar refractivity (Wildman–Crippen MR) is 82.4 cm³/mol. The average Bonchev–Trinajstić information content (AvgIpc) is 2.58. The summed E-state index contributed by atoms with van der Waals surface area (Å²) < 4.78 is 5.01. The lowest BCUT2D eigenvalue weighted by atomic mass is 10.2. The molecule has 0 aliphatic rings. The lowest BCUT2D eigenvalue weighted by Gasteiger charge is -2.04. The highest BCUT2D eigenvalue weighted by Gasteiger charge is 2.04. The molecule has 0 unspecified atom stereocenters. The van der Waals surface area contributed by atoms with E-state index in [1.807, 2.05) is 30.3 Å². The quantitative estimate of drug-likeness (QED) is 0.531. The van der Waals surface area contributed by atoms with Crippen LogP contribution in [0.3, 0.4) is 0 Å². The first kappa shape index (κ1) is 16.0. The highest BCUT2D eigenvalue weighted by molar-refractivity contribution is 5.67. The number of alkyl carbamates (subject to hydrolysis) is 1. The number of carbonyl (C=O) groups excluding carboxylic acids is 1. The van der Waals surface area contributed by atoms with Crippen LogP contribution in [0.1, 0.15) is 11.3 Å². The van der Waals surface area contributed by atoms with Gasteiger partial charge >= 0.3 is 6.09 Å². The molecule has 0 bridgehead atoms. The Bertz CT molecular complexity index is 751. The van der Waals surface area contributed by atoms with Gasteiger partial charge in [0, 0.05) is 12.3 Å². The van der Waals surface area contributed by atoms with Crippen molar-refractivity contribution in [3.8, 4) is 11.8 Å². The van der Waals surface area contributed by atoms with Crippen LogP contribution in [-0.4, -0.2) is 22.5 Å². The van der Waals surface area contributed by atoms with E-state index < -0.39 is 11.0 Å². The Labute approximate surface area is 132 Å². The van der Waals surface area contributed by atoms with Crippen molar-refractivity contribution in [3.63, 3.8) is 0 Å². The number of pyridine rings is 1. The van der Waals surface area contributed by atoms with Crippen molar-refractivity contribution in [1.82, 2.24) is 10.3 Å². The fraction of sp³-hybridized carbons (Fsp3) is 0.125. The maximum atomic E-state index is 11.5. The van der Waals surface area contributed by atoms with Crippen LogP contribution in [-0.2, 0) is 11.3 Å². The number of nitro groups is 1. The molecule has 2 aromatic rings. The summed E-state index contributed by atoms with van der Waals surface area (Å²) in [5.41, 5.74) is 1.06. The van der Waals surface area contributed by atoms with Crippen LogP contribution >= 0.6 is 0 Å². The van der Waals surface area contributed by atoms with Gasteiger partial charge in [-0.05, 0) is 11.5 Å². The molecule has 0 aliphatic carbocycles. The highest BCUT2D eigenvalue weighted by atomic mass is 16.6. The fourth-order valence-electron chi connectivity index (χ4n) is 1.63. The van der Waals surface area contributed by atoms with Crippen molar-refractivity contribution < 1.29 is 14.5 Å². The maximum Gasteiger partial charge on any atom is 0.408 e. The summed E-state index contributed by atoms with van der Waals surface area (Å²) in [6, 6.07) is 11.8. The average molecular weight is 311 g/mol. The summed E-state index contributed by atoms with van der Waals surface area (Å²) in [5, 5.41) is 13.1. The summed E-state index contributed by atoms with van der Waals surface area (Å²) in [7, 11) is 0. The molecule has 7 heteroatoms. The summed E-state index contributed by atoms with van der Waals surface area (Å²) in [6.07, 6.45) is 0.721. The molecule has 1 N–H and O–H groups in total. The number of benzene rings is 1. The molecule has 116 valence electrons. The lowest BCUT2D eigenvalue weighted by molar-refractivity contribution is -0.385. The van der Waals surface area contributed by atoms with E-state index >= 15 is 0 Å². The Morgan fingerprint density at radius 2 is 2.09 bits per heavy atom. The van der Waals surface area contributed by atoms with Crippen LogP contribution in [0.15, 0.2) is 48.7 Å². The van der Waals surface area contributed by atoms with E-state index in [1.165, 1.54) is 18.3 Å². The first-order valence-corrected chi connectivity index (χ1v) is 6.69. The van der Waals surface area contributed by atoms with Gasteiger partial charge in [-0.15, -0.1) is 0 Å². The molecule has 0 fully saturated rings. The summed E-state index contributed by atoms with van der Waals surface area (Å²) in [6.45, 7) is 0.227. The largest absolute Gasteiger partial charge is 0.445 e. The number of hydrogen-bond donors (Lipinski definition) is 1. The molecule has 23 heavy (non-hydrogen) atoms. The zero-order chi connectivity index (χ0) is 16.5. The maximum absolute atomic E-state index is 11.5. The monoisotopic (exact) mass is 311 g/mol. The summed E-state index contributed by atoms with van der Waals surface area (Å²) in [5.74, 6) is 5.28. The zero-order valence-electron chi connectivity index (χ0n) is 12.1.